The van der Waals surface area contributed by atoms with Gasteiger partial charge in [-0.2, -0.15) is 0 Å². The highest BCUT2D eigenvalue weighted by Crippen LogP contribution is 2.30. The molecule has 0 saturated heterocycles. The van der Waals surface area contributed by atoms with E-state index in [1.807, 2.05) is 6.92 Å². The SMILES string of the molecule is CCCC1C(=O)CCC1=NC(CC(=O)OCC)c1ccc(NC(=O)c2c(Cl)cncc2Cl)cc1. The highest BCUT2D eigenvalue weighted by atomic mass is 35.5. The van der Waals surface area contributed by atoms with E-state index in [1.54, 1.807) is 31.2 Å². The smallest absolute Gasteiger partial charge is 0.308 e. The van der Waals surface area contributed by atoms with Crippen LogP contribution in [0.3, 0.4) is 0 Å². The van der Waals surface area contributed by atoms with Crippen molar-refractivity contribution in [3.63, 3.8) is 0 Å². The maximum absolute atomic E-state index is 12.6. The molecule has 1 heterocycles. The minimum absolute atomic E-state index is 0.0678. The van der Waals surface area contributed by atoms with Crippen molar-refractivity contribution in [3.05, 3.63) is 57.8 Å². The van der Waals surface area contributed by atoms with E-state index in [4.69, 9.17) is 32.9 Å². The Bertz CT molecular complexity index is 1070. The number of hydrogen-bond donors (Lipinski definition) is 1. The van der Waals surface area contributed by atoms with Gasteiger partial charge in [0.15, 0.2) is 0 Å². The fraction of sp³-hybridized carbons (Fsp3) is 0.400. The number of carbonyl (C=O) groups excluding carboxylic acids is 3. The number of pyridine rings is 1. The fourth-order valence-electron chi connectivity index (χ4n) is 3.98. The van der Waals surface area contributed by atoms with Gasteiger partial charge in [0.1, 0.15) is 5.78 Å². The number of esters is 1. The Labute approximate surface area is 208 Å². The number of Topliss-reactive ketones (excluding diaryl/α,β-unsaturated/α-hetero) is 1. The van der Waals surface area contributed by atoms with Gasteiger partial charge >= 0.3 is 5.97 Å². The third-order valence-electron chi connectivity index (χ3n) is 5.62. The number of rotatable bonds is 9. The first kappa shape index (κ1) is 25.8. The number of halogens is 2. The largest absolute Gasteiger partial charge is 0.466 e. The summed E-state index contributed by atoms with van der Waals surface area (Å²) in [5, 5.41) is 3.07. The number of benzene rings is 1. The van der Waals surface area contributed by atoms with Gasteiger partial charge in [-0.05, 0) is 37.5 Å². The summed E-state index contributed by atoms with van der Waals surface area (Å²) in [4.78, 5) is 45.9. The molecular formula is C25H27Cl2N3O4. The van der Waals surface area contributed by atoms with Crippen LogP contribution < -0.4 is 5.32 Å². The molecule has 0 radical (unpaired) electrons. The number of anilines is 1. The average molecular weight is 504 g/mol. The summed E-state index contributed by atoms with van der Waals surface area (Å²) in [5.41, 5.74) is 2.30. The Morgan fingerprint density at radius 2 is 1.82 bits per heavy atom. The fourth-order valence-corrected chi connectivity index (χ4v) is 4.52. The van der Waals surface area contributed by atoms with Crippen LogP contribution in [0.25, 0.3) is 0 Å². The molecule has 2 unspecified atom stereocenters. The third-order valence-corrected chi connectivity index (χ3v) is 6.19. The summed E-state index contributed by atoms with van der Waals surface area (Å²) in [6.45, 7) is 4.08. The molecule has 1 aromatic heterocycles. The van der Waals surface area contributed by atoms with Crippen molar-refractivity contribution in [3.8, 4) is 0 Å². The number of carbonyl (C=O) groups is 3. The molecule has 1 aliphatic carbocycles. The van der Waals surface area contributed by atoms with Crippen LogP contribution in [-0.4, -0.2) is 35.0 Å². The van der Waals surface area contributed by atoms with Crippen LogP contribution in [-0.2, 0) is 14.3 Å². The van der Waals surface area contributed by atoms with E-state index in [9.17, 15) is 14.4 Å². The van der Waals surface area contributed by atoms with Gasteiger partial charge < -0.3 is 10.1 Å². The second-order valence-corrected chi connectivity index (χ2v) is 8.82. The second kappa shape index (κ2) is 12.1. The molecule has 0 spiro atoms. The molecule has 1 N–H and O–H groups in total. The lowest BCUT2D eigenvalue weighted by Crippen LogP contribution is -2.17. The lowest BCUT2D eigenvalue weighted by atomic mass is 9.98. The number of hydrogen-bond acceptors (Lipinski definition) is 6. The molecule has 2 aromatic rings. The normalized spacial score (nSPS) is 17.6. The molecule has 9 heteroatoms. The van der Waals surface area contributed by atoms with Crippen molar-refractivity contribution >= 4 is 52.3 Å². The summed E-state index contributed by atoms with van der Waals surface area (Å²) in [6, 6.07) is 6.55. The number of nitrogens with one attached hydrogen (secondary N) is 1. The number of amides is 1. The first-order valence-electron chi connectivity index (χ1n) is 11.3. The molecule has 1 amide bonds. The Morgan fingerprint density at radius 3 is 2.44 bits per heavy atom. The van der Waals surface area contributed by atoms with Gasteiger partial charge in [-0.25, -0.2) is 0 Å². The number of nitrogens with zero attached hydrogens (tertiary/aromatic N) is 2. The van der Waals surface area contributed by atoms with E-state index in [0.29, 0.717) is 18.5 Å². The average Bonchev–Trinajstić information content (AvgIpc) is 3.13. The van der Waals surface area contributed by atoms with E-state index in [0.717, 1.165) is 24.1 Å². The van der Waals surface area contributed by atoms with Crippen molar-refractivity contribution in [2.24, 2.45) is 10.9 Å². The molecule has 1 fully saturated rings. The third kappa shape index (κ3) is 6.42. The number of aromatic nitrogens is 1. The summed E-state index contributed by atoms with van der Waals surface area (Å²) in [7, 11) is 0. The Balaban J connectivity index is 1.83. The van der Waals surface area contributed by atoms with Gasteiger partial charge in [0.2, 0.25) is 0 Å². The molecule has 34 heavy (non-hydrogen) atoms. The predicted molar refractivity (Wildman–Crippen MR) is 133 cm³/mol. The van der Waals surface area contributed by atoms with Crippen LogP contribution in [0.5, 0.6) is 0 Å². The number of ketones is 1. The summed E-state index contributed by atoms with van der Waals surface area (Å²) in [6.07, 6.45) is 5.52. The quantitative estimate of drug-likeness (QED) is 0.432. The minimum atomic E-state index is -0.479. The van der Waals surface area contributed by atoms with E-state index >= 15 is 0 Å². The summed E-state index contributed by atoms with van der Waals surface area (Å²) < 4.78 is 5.14. The van der Waals surface area contributed by atoms with Crippen LogP contribution in [0.4, 0.5) is 5.69 Å². The van der Waals surface area contributed by atoms with E-state index in [1.165, 1.54) is 12.4 Å². The Kier molecular flexibility index (Phi) is 9.19. The predicted octanol–water partition coefficient (Wildman–Crippen LogP) is 5.86. The zero-order valence-electron chi connectivity index (χ0n) is 19.1. The number of ether oxygens (including phenoxy) is 1. The maximum atomic E-state index is 12.6. The molecule has 7 nitrogen and oxygen atoms in total. The molecule has 180 valence electrons. The number of aliphatic imine (C=N–C) groups is 1. The van der Waals surface area contributed by atoms with Crippen LogP contribution in [0.15, 0.2) is 41.7 Å². The first-order valence-corrected chi connectivity index (χ1v) is 12.0. The zero-order chi connectivity index (χ0) is 24.7. The molecular weight excluding hydrogens is 477 g/mol. The summed E-state index contributed by atoms with van der Waals surface area (Å²) in [5.74, 6) is -0.780. The van der Waals surface area contributed by atoms with Crippen LogP contribution in [0.1, 0.15) is 67.9 Å². The highest BCUT2D eigenvalue weighted by Gasteiger charge is 2.31. The van der Waals surface area contributed by atoms with Crippen molar-refractivity contribution in [1.29, 1.82) is 0 Å². The van der Waals surface area contributed by atoms with Gasteiger partial charge in [0.25, 0.3) is 5.91 Å². The van der Waals surface area contributed by atoms with Gasteiger partial charge in [-0.15, -0.1) is 0 Å². The van der Waals surface area contributed by atoms with Gasteiger partial charge in [0, 0.05) is 30.2 Å². The van der Waals surface area contributed by atoms with Gasteiger partial charge in [0.05, 0.1) is 40.6 Å². The Morgan fingerprint density at radius 1 is 1.15 bits per heavy atom. The first-order chi connectivity index (χ1) is 16.3. The molecule has 2 atom stereocenters. The van der Waals surface area contributed by atoms with Crippen LogP contribution in [0, 0.1) is 5.92 Å². The van der Waals surface area contributed by atoms with Crippen molar-refractivity contribution < 1.29 is 19.1 Å². The van der Waals surface area contributed by atoms with E-state index in [-0.39, 0.29) is 46.3 Å². The molecule has 1 aliphatic rings. The second-order valence-electron chi connectivity index (χ2n) is 8.01. The van der Waals surface area contributed by atoms with Crippen molar-refractivity contribution in [2.75, 3.05) is 11.9 Å². The standard InChI is InChI=1S/C25H27Cl2N3O4/c1-3-5-17-20(10-11-22(17)31)30-21(12-23(32)34-4-2)15-6-8-16(9-7-15)29-25(33)24-18(26)13-28-14-19(24)27/h6-9,13-14,17,21H,3-5,10-12H2,1-2H3,(H,29,33). The Hall–Kier alpha value is -2.77. The monoisotopic (exact) mass is 503 g/mol. The zero-order valence-corrected chi connectivity index (χ0v) is 20.7. The minimum Gasteiger partial charge on any atom is -0.466 e. The molecule has 0 aliphatic heterocycles. The highest BCUT2D eigenvalue weighted by molar-refractivity contribution is 6.40. The molecule has 3 rings (SSSR count). The van der Waals surface area contributed by atoms with Gasteiger partial charge in [-0.1, -0.05) is 48.7 Å². The van der Waals surface area contributed by atoms with E-state index < -0.39 is 11.9 Å². The summed E-state index contributed by atoms with van der Waals surface area (Å²) >= 11 is 12.1. The molecule has 1 saturated carbocycles. The molecule has 1 aromatic carbocycles. The van der Waals surface area contributed by atoms with Crippen molar-refractivity contribution in [2.45, 2.75) is 52.0 Å². The van der Waals surface area contributed by atoms with Gasteiger partial charge in [-0.3, -0.25) is 24.4 Å². The topological polar surface area (TPSA) is 97.7 Å². The maximum Gasteiger partial charge on any atom is 0.308 e. The van der Waals surface area contributed by atoms with Crippen molar-refractivity contribution in [1.82, 2.24) is 4.98 Å². The van der Waals surface area contributed by atoms with E-state index in [2.05, 4.69) is 10.3 Å². The lowest BCUT2D eigenvalue weighted by Gasteiger charge is -2.17. The van der Waals surface area contributed by atoms with Crippen LogP contribution in [0.2, 0.25) is 10.0 Å². The molecule has 0 bridgehead atoms. The lowest BCUT2D eigenvalue weighted by molar-refractivity contribution is -0.143. The van der Waals surface area contributed by atoms with Crippen LogP contribution >= 0.6 is 23.2 Å².